The maximum atomic E-state index is 11.5. The summed E-state index contributed by atoms with van der Waals surface area (Å²) in [5.74, 6) is 5.20. The van der Waals surface area contributed by atoms with Crippen LogP contribution in [0.4, 0.5) is 0 Å². The minimum Gasteiger partial charge on any atom is -0.390 e. The Kier molecular flexibility index (Phi) is 5.11. The van der Waals surface area contributed by atoms with Gasteiger partial charge in [-0.2, -0.15) is 0 Å². The molecule has 2 nitrogen and oxygen atoms in total. The number of hydrogen-bond acceptors (Lipinski definition) is 2. The van der Waals surface area contributed by atoms with Gasteiger partial charge in [0, 0.05) is 6.42 Å². The van der Waals surface area contributed by atoms with E-state index in [4.69, 9.17) is 0 Å². The highest BCUT2D eigenvalue weighted by Crippen LogP contribution is 2.65. The second-order valence-corrected chi connectivity index (χ2v) is 11.2. The maximum Gasteiger partial charge on any atom is 0.129 e. The molecule has 4 aliphatic rings. The van der Waals surface area contributed by atoms with Crippen molar-refractivity contribution in [2.45, 2.75) is 97.5 Å². The van der Waals surface area contributed by atoms with Gasteiger partial charge in [0.05, 0.1) is 5.60 Å². The topological polar surface area (TPSA) is 37.3 Å². The zero-order chi connectivity index (χ0) is 19.4. The van der Waals surface area contributed by atoms with Crippen LogP contribution in [0.5, 0.6) is 0 Å². The average Bonchev–Trinajstić information content (AvgIpc) is 2.95. The smallest absolute Gasteiger partial charge is 0.129 e. The molecule has 3 fully saturated rings. The van der Waals surface area contributed by atoms with E-state index >= 15 is 0 Å². The molecule has 0 aromatic heterocycles. The van der Waals surface area contributed by atoms with Crippen molar-refractivity contribution in [1.82, 2.24) is 0 Å². The summed E-state index contributed by atoms with van der Waals surface area (Å²) in [4.78, 5) is 11.5. The third-order valence-corrected chi connectivity index (χ3v) is 9.43. The van der Waals surface area contributed by atoms with Crippen LogP contribution < -0.4 is 0 Å². The second-order valence-electron chi connectivity index (χ2n) is 11.2. The molecule has 1 N–H and O–H groups in total. The minimum absolute atomic E-state index is 0.350. The van der Waals surface area contributed by atoms with E-state index in [-0.39, 0.29) is 0 Å². The number of ketones is 1. The fraction of sp³-hybridized carbons (Fsp3) is 0.880. The standard InChI is InChI=1S/C25H40O2/c1-16(5-6-17(2)26)22-9-10-23-21-8-7-18-15-24(3,27)13-11-19(18)20(21)12-14-25(22,23)4/h7,16,19-23,27H,5-6,8-15H2,1-4H3/t16-,19?,20?,21-,22-,23+,24+,25-/m1/s1. The van der Waals surface area contributed by atoms with E-state index in [1.54, 1.807) is 12.5 Å². The molecule has 0 aromatic carbocycles. The Morgan fingerprint density at radius 1 is 1.19 bits per heavy atom. The molecule has 27 heavy (non-hydrogen) atoms. The average molecular weight is 373 g/mol. The van der Waals surface area contributed by atoms with Crippen molar-refractivity contribution in [3.63, 3.8) is 0 Å². The maximum absolute atomic E-state index is 11.5. The normalized spacial score (nSPS) is 47.4. The quantitative estimate of drug-likeness (QED) is 0.621. The first-order valence-corrected chi connectivity index (χ1v) is 11.6. The molecule has 3 saturated carbocycles. The van der Waals surface area contributed by atoms with Crippen molar-refractivity contribution in [2.24, 2.45) is 40.9 Å². The first kappa shape index (κ1) is 19.7. The van der Waals surface area contributed by atoms with Gasteiger partial charge in [-0.25, -0.2) is 0 Å². The van der Waals surface area contributed by atoms with Crippen molar-refractivity contribution < 1.29 is 9.90 Å². The number of fused-ring (bicyclic) bond motifs is 5. The summed E-state index contributed by atoms with van der Waals surface area (Å²) in [5, 5.41) is 10.5. The van der Waals surface area contributed by atoms with E-state index in [1.165, 1.54) is 38.5 Å². The minimum atomic E-state index is -0.469. The fourth-order valence-corrected chi connectivity index (χ4v) is 8.07. The molecule has 0 amide bonds. The first-order valence-electron chi connectivity index (χ1n) is 11.6. The highest BCUT2D eigenvalue weighted by molar-refractivity contribution is 5.75. The monoisotopic (exact) mass is 372 g/mol. The summed E-state index contributed by atoms with van der Waals surface area (Å²) in [6.07, 6.45) is 14.3. The van der Waals surface area contributed by atoms with Crippen LogP contribution in [-0.2, 0) is 4.79 Å². The molecular weight excluding hydrogens is 332 g/mol. The number of allylic oxidation sites excluding steroid dienone is 1. The highest BCUT2D eigenvalue weighted by atomic mass is 16.3. The fourth-order valence-electron chi connectivity index (χ4n) is 8.07. The molecule has 0 bridgehead atoms. The lowest BCUT2D eigenvalue weighted by Gasteiger charge is -2.55. The highest BCUT2D eigenvalue weighted by Gasteiger charge is 2.56. The zero-order valence-corrected chi connectivity index (χ0v) is 18.0. The van der Waals surface area contributed by atoms with Crippen LogP contribution in [0.25, 0.3) is 0 Å². The van der Waals surface area contributed by atoms with Crippen LogP contribution in [0, 0.1) is 40.9 Å². The van der Waals surface area contributed by atoms with E-state index in [9.17, 15) is 9.90 Å². The molecule has 4 rings (SSSR count). The predicted octanol–water partition coefficient (Wildman–Crippen LogP) is 5.93. The Labute approximate surface area is 166 Å². The lowest BCUT2D eigenvalue weighted by Crippen LogP contribution is -2.48. The van der Waals surface area contributed by atoms with E-state index in [0.29, 0.717) is 17.1 Å². The Balaban J connectivity index is 1.50. The van der Waals surface area contributed by atoms with Gasteiger partial charge in [-0.05, 0) is 113 Å². The molecule has 0 radical (unpaired) electrons. The third kappa shape index (κ3) is 3.45. The van der Waals surface area contributed by atoms with Crippen LogP contribution >= 0.6 is 0 Å². The molecule has 0 aliphatic heterocycles. The predicted molar refractivity (Wildman–Crippen MR) is 110 cm³/mol. The van der Waals surface area contributed by atoms with Gasteiger partial charge < -0.3 is 9.90 Å². The second kappa shape index (κ2) is 7.01. The Morgan fingerprint density at radius 2 is 1.96 bits per heavy atom. The van der Waals surface area contributed by atoms with Crippen molar-refractivity contribution in [3.05, 3.63) is 11.6 Å². The van der Waals surface area contributed by atoms with Crippen LogP contribution in [-0.4, -0.2) is 16.5 Å². The van der Waals surface area contributed by atoms with Gasteiger partial charge in [-0.1, -0.05) is 25.5 Å². The van der Waals surface area contributed by atoms with Gasteiger partial charge in [0.1, 0.15) is 5.78 Å². The lowest BCUT2D eigenvalue weighted by molar-refractivity contribution is -0.117. The Hall–Kier alpha value is -0.630. The molecule has 2 heteroatoms. The molecule has 0 aromatic rings. The van der Waals surface area contributed by atoms with Crippen LogP contribution in [0.3, 0.4) is 0 Å². The first-order chi connectivity index (χ1) is 12.7. The Morgan fingerprint density at radius 3 is 2.70 bits per heavy atom. The number of rotatable bonds is 4. The van der Waals surface area contributed by atoms with E-state index in [0.717, 1.165) is 55.3 Å². The number of Topliss-reactive ketones (excluding diaryl/α,β-unsaturated/α-hetero) is 1. The van der Waals surface area contributed by atoms with Gasteiger partial charge >= 0.3 is 0 Å². The summed E-state index contributed by atoms with van der Waals surface area (Å²) in [7, 11) is 0. The van der Waals surface area contributed by atoms with Gasteiger partial charge in [0.2, 0.25) is 0 Å². The van der Waals surface area contributed by atoms with E-state index in [2.05, 4.69) is 19.9 Å². The number of carbonyl (C=O) groups excluding carboxylic acids is 1. The van der Waals surface area contributed by atoms with E-state index < -0.39 is 5.60 Å². The largest absolute Gasteiger partial charge is 0.390 e. The summed E-state index contributed by atoms with van der Waals surface area (Å²) in [5.41, 5.74) is 1.60. The molecule has 4 aliphatic carbocycles. The molecule has 0 saturated heterocycles. The van der Waals surface area contributed by atoms with Gasteiger partial charge in [-0.15, -0.1) is 0 Å². The van der Waals surface area contributed by atoms with Crippen molar-refractivity contribution in [3.8, 4) is 0 Å². The van der Waals surface area contributed by atoms with Crippen molar-refractivity contribution >= 4 is 5.78 Å². The van der Waals surface area contributed by atoms with Gasteiger partial charge in [-0.3, -0.25) is 0 Å². The van der Waals surface area contributed by atoms with Crippen LogP contribution in [0.15, 0.2) is 11.6 Å². The SMILES string of the molecule is CC(=O)CC[C@@H](C)[C@H]1CC[C@H]2[C@@H]3CC=C4C[C@@](C)(O)CCC4C3CC[C@]12C. The summed E-state index contributed by atoms with van der Waals surface area (Å²) in [6, 6.07) is 0. The molecule has 8 atom stereocenters. The number of hydrogen-bond donors (Lipinski definition) is 1. The van der Waals surface area contributed by atoms with Crippen LogP contribution in [0.2, 0.25) is 0 Å². The number of carbonyl (C=O) groups is 1. The van der Waals surface area contributed by atoms with Crippen molar-refractivity contribution in [2.75, 3.05) is 0 Å². The molecule has 2 unspecified atom stereocenters. The van der Waals surface area contributed by atoms with Gasteiger partial charge in [0.15, 0.2) is 0 Å². The van der Waals surface area contributed by atoms with Crippen molar-refractivity contribution in [1.29, 1.82) is 0 Å². The summed E-state index contributed by atoms with van der Waals surface area (Å²) in [6.45, 7) is 8.78. The molecule has 0 spiro atoms. The lowest BCUT2D eigenvalue weighted by atomic mass is 9.50. The molecule has 0 heterocycles. The zero-order valence-electron chi connectivity index (χ0n) is 18.0. The summed E-state index contributed by atoms with van der Waals surface area (Å²) < 4.78 is 0. The number of aliphatic hydroxyl groups is 1. The van der Waals surface area contributed by atoms with E-state index in [1.807, 2.05) is 6.92 Å². The summed E-state index contributed by atoms with van der Waals surface area (Å²) >= 11 is 0. The molecule has 152 valence electrons. The molecular formula is C25H40O2. The van der Waals surface area contributed by atoms with Gasteiger partial charge in [0.25, 0.3) is 0 Å². The Bertz CT molecular complexity index is 618. The van der Waals surface area contributed by atoms with Crippen LogP contribution in [0.1, 0.15) is 91.9 Å². The third-order valence-electron chi connectivity index (χ3n) is 9.43.